The molecule has 0 radical (unpaired) electrons. The molecule has 2 N–H and O–H groups in total. The molecule has 156 valence electrons. The number of hydrogen-bond donors (Lipinski definition) is 2. The van der Waals surface area contributed by atoms with Crippen molar-refractivity contribution in [3.8, 4) is 22.3 Å². The normalized spacial score (nSPS) is 11.3. The van der Waals surface area contributed by atoms with E-state index in [0.717, 1.165) is 32.7 Å². The van der Waals surface area contributed by atoms with Gasteiger partial charge in [-0.2, -0.15) is 0 Å². The summed E-state index contributed by atoms with van der Waals surface area (Å²) in [7, 11) is -1.54. The van der Waals surface area contributed by atoms with Crippen LogP contribution < -0.4 is 5.46 Å². The van der Waals surface area contributed by atoms with Crippen molar-refractivity contribution < 1.29 is 10.0 Å². The summed E-state index contributed by atoms with van der Waals surface area (Å²) in [5, 5.41) is 26.6. The van der Waals surface area contributed by atoms with E-state index in [1.165, 1.54) is 21.9 Å². The van der Waals surface area contributed by atoms with Gasteiger partial charge in [0, 0.05) is 0 Å². The molecule has 0 heterocycles. The first-order chi connectivity index (χ1) is 16.2. The molecule has 0 atom stereocenters. The van der Waals surface area contributed by atoms with E-state index in [9.17, 15) is 10.0 Å². The van der Waals surface area contributed by atoms with Gasteiger partial charge >= 0.3 is 7.12 Å². The summed E-state index contributed by atoms with van der Waals surface area (Å²) in [6.07, 6.45) is 0. The number of fused-ring (bicyclic) bond motifs is 3. The van der Waals surface area contributed by atoms with Gasteiger partial charge in [-0.25, -0.2) is 0 Å². The Kier molecular flexibility index (Phi) is 4.72. The highest BCUT2D eigenvalue weighted by molar-refractivity contribution is 6.66. The minimum absolute atomic E-state index is 0.553. The van der Waals surface area contributed by atoms with Crippen molar-refractivity contribution in [2.75, 3.05) is 0 Å². The molecule has 0 fully saturated rings. The van der Waals surface area contributed by atoms with Crippen LogP contribution in [-0.4, -0.2) is 17.2 Å². The lowest BCUT2D eigenvalue weighted by Crippen LogP contribution is -2.31. The standard InChI is InChI=1S/C30H21BO2/c32-31(33)30-27-11-5-3-9-25(27)29(26-10-4-6-12-28(26)30)22-16-13-21(14-17-22)24-18-15-20-7-1-2-8-23(20)19-24/h1-19,32-33H. The molecule has 6 rings (SSSR count). The maximum absolute atomic E-state index is 10.2. The Morgan fingerprint density at radius 3 is 1.52 bits per heavy atom. The highest BCUT2D eigenvalue weighted by atomic mass is 16.4. The predicted molar refractivity (Wildman–Crippen MR) is 140 cm³/mol. The third-order valence-electron chi connectivity index (χ3n) is 6.49. The largest absolute Gasteiger partial charge is 0.489 e. The molecule has 0 aliphatic carbocycles. The van der Waals surface area contributed by atoms with Crippen molar-refractivity contribution in [1.82, 2.24) is 0 Å². The van der Waals surface area contributed by atoms with E-state index in [0.29, 0.717) is 5.46 Å². The zero-order chi connectivity index (χ0) is 22.4. The summed E-state index contributed by atoms with van der Waals surface area (Å²) in [6, 6.07) is 39.5. The van der Waals surface area contributed by atoms with Crippen LogP contribution in [-0.2, 0) is 0 Å². The van der Waals surface area contributed by atoms with Gasteiger partial charge in [-0.3, -0.25) is 0 Å². The molecule has 0 aliphatic heterocycles. The van der Waals surface area contributed by atoms with Crippen LogP contribution in [0.3, 0.4) is 0 Å². The maximum Gasteiger partial charge on any atom is 0.489 e. The molecule has 0 saturated heterocycles. The molecule has 3 heteroatoms. The second-order valence-electron chi connectivity index (χ2n) is 8.39. The highest BCUT2D eigenvalue weighted by Crippen LogP contribution is 2.36. The van der Waals surface area contributed by atoms with Crippen molar-refractivity contribution in [1.29, 1.82) is 0 Å². The third kappa shape index (κ3) is 3.30. The lowest BCUT2D eigenvalue weighted by Gasteiger charge is -2.17. The van der Waals surface area contributed by atoms with E-state index in [-0.39, 0.29) is 0 Å². The van der Waals surface area contributed by atoms with Gasteiger partial charge in [0.15, 0.2) is 0 Å². The van der Waals surface area contributed by atoms with Gasteiger partial charge in [0.2, 0.25) is 0 Å². The Bertz CT molecular complexity index is 1580. The summed E-state index contributed by atoms with van der Waals surface area (Å²) in [6.45, 7) is 0. The molecule has 0 bridgehead atoms. The first kappa shape index (κ1) is 19.7. The van der Waals surface area contributed by atoms with Crippen molar-refractivity contribution >= 4 is 44.9 Å². The second-order valence-corrected chi connectivity index (χ2v) is 8.39. The molecule has 0 aromatic heterocycles. The fourth-order valence-corrected chi connectivity index (χ4v) is 4.95. The van der Waals surface area contributed by atoms with E-state index < -0.39 is 7.12 Å². The molecular formula is C30H21BO2. The quantitative estimate of drug-likeness (QED) is 0.264. The van der Waals surface area contributed by atoms with Gasteiger partial charge in [0.1, 0.15) is 0 Å². The van der Waals surface area contributed by atoms with Gasteiger partial charge in [-0.1, -0.05) is 109 Å². The SMILES string of the molecule is OB(O)c1c2ccccc2c(-c2ccc(-c3ccc4ccccc4c3)cc2)c2ccccc12. The van der Waals surface area contributed by atoms with Crippen LogP contribution in [0.25, 0.3) is 54.6 Å². The zero-order valence-corrected chi connectivity index (χ0v) is 17.9. The summed E-state index contributed by atoms with van der Waals surface area (Å²) in [5.41, 5.74) is 5.12. The minimum Gasteiger partial charge on any atom is -0.423 e. The molecule has 6 aromatic carbocycles. The molecule has 0 amide bonds. The summed E-state index contributed by atoms with van der Waals surface area (Å²) in [5.74, 6) is 0. The molecule has 2 nitrogen and oxygen atoms in total. The highest BCUT2D eigenvalue weighted by Gasteiger charge is 2.22. The first-order valence-corrected chi connectivity index (χ1v) is 11.1. The van der Waals surface area contributed by atoms with Gasteiger partial charge < -0.3 is 10.0 Å². The van der Waals surface area contributed by atoms with Crippen LogP contribution in [0, 0.1) is 0 Å². The topological polar surface area (TPSA) is 40.5 Å². The van der Waals surface area contributed by atoms with E-state index in [4.69, 9.17) is 0 Å². The van der Waals surface area contributed by atoms with Gasteiger partial charge in [0.25, 0.3) is 0 Å². The second kappa shape index (κ2) is 7.89. The summed E-state index contributed by atoms with van der Waals surface area (Å²) < 4.78 is 0. The fourth-order valence-electron chi connectivity index (χ4n) is 4.95. The number of benzene rings is 6. The maximum atomic E-state index is 10.2. The van der Waals surface area contributed by atoms with Crippen LogP contribution in [0.2, 0.25) is 0 Å². The van der Waals surface area contributed by atoms with E-state index in [2.05, 4.69) is 78.9 Å². The average Bonchev–Trinajstić information content (AvgIpc) is 2.87. The Balaban J connectivity index is 1.55. The van der Waals surface area contributed by atoms with Crippen LogP contribution in [0.15, 0.2) is 115 Å². The lowest BCUT2D eigenvalue weighted by atomic mass is 9.72. The molecule has 6 aromatic rings. The Labute approximate surface area is 192 Å². The van der Waals surface area contributed by atoms with Gasteiger partial charge in [-0.15, -0.1) is 0 Å². The van der Waals surface area contributed by atoms with E-state index >= 15 is 0 Å². The zero-order valence-electron chi connectivity index (χ0n) is 17.9. The molecule has 0 unspecified atom stereocenters. The molecule has 0 spiro atoms. The van der Waals surface area contributed by atoms with Gasteiger partial charge in [-0.05, 0) is 66.1 Å². The average molecular weight is 424 g/mol. The molecule has 33 heavy (non-hydrogen) atoms. The first-order valence-electron chi connectivity index (χ1n) is 11.1. The van der Waals surface area contributed by atoms with Crippen LogP contribution in [0.1, 0.15) is 0 Å². The number of hydrogen-bond acceptors (Lipinski definition) is 2. The monoisotopic (exact) mass is 424 g/mol. The molecule has 0 saturated carbocycles. The third-order valence-corrected chi connectivity index (χ3v) is 6.49. The van der Waals surface area contributed by atoms with Crippen molar-refractivity contribution in [2.24, 2.45) is 0 Å². The van der Waals surface area contributed by atoms with E-state index in [1.54, 1.807) is 0 Å². The Morgan fingerprint density at radius 1 is 0.424 bits per heavy atom. The predicted octanol–water partition coefficient (Wildman–Crippen LogP) is 6.16. The van der Waals surface area contributed by atoms with Crippen LogP contribution in [0.4, 0.5) is 0 Å². The summed E-state index contributed by atoms with van der Waals surface area (Å²) >= 11 is 0. The van der Waals surface area contributed by atoms with Crippen LogP contribution >= 0.6 is 0 Å². The smallest absolute Gasteiger partial charge is 0.423 e. The Morgan fingerprint density at radius 2 is 0.909 bits per heavy atom. The van der Waals surface area contributed by atoms with Crippen LogP contribution in [0.5, 0.6) is 0 Å². The van der Waals surface area contributed by atoms with Gasteiger partial charge in [0.05, 0.1) is 0 Å². The molecule has 0 aliphatic rings. The van der Waals surface area contributed by atoms with Crippen molar-refractivity contribution in [3.05, 3.63) is 115 Å². The van der Waals surface area contributed by atoms with Crippen molar-refractivity contribution in [3.63, 3.8) is 0 Å². The fraction of sp³-hybridized carbons (Fsp3) is 0. The van der Waals surface area contributed by atoms with E-state index in [1.807, 2.05) is 36.4 Å². The lowest BCUT2D eigenvalue weighted by molar-refractivity contribution is 0.426. The number of rotatable bonds is 3. The Hall–Kier alpha value is -3.92. The molecular weight excluding hydrogens is 403 g/mol. The van der Waals surface area contributed by atoms with Crippen molar-refractivity contribution in [2.45, 2.75) is 0 Å². The summed E-state index contributed by atoms with van der Waals surface area (Å²) in [4.78, 5) is 0. The minimum atomic E-state index is -1.54.